The van der Waals surface area contributed by atoms with E-state index < -0.39 is 18.3 Å². The summed E-state index contributed by atoms with van der Waals surface area (Å²) in [5.74, 6) is 6.81. The molecule has 8 N–H and O–H groups in total. The number of aliphatic hydroxyl groups excluding tert-OH is 1. The minimum atomic E-state index is -0.507. The molecule has 0 spiro atoms. The number of aliphatic hydroxyl groups is 1. The summed E-state index contributed by atoms with van der Waals surface area (Å²) >= 11 is 10.5. The van der Waals surface area contributed by atoms with Gasteiger partial charge in [-0.05, 0) is 86.9 Å². The number of nitrogens with one attached hydrogen (secondary N) is 4. The summed E-state index contributed by atoms with van der Waals surface area (Å²) in [6.45, 7) is 38.8. The van der Waals surface area contributed by atoms with Crippen molar-refractivity contribution in [3.05, 3.63) is 36.8 Å². The molecule has 63 heavy (non-hydrogen) atoms. The zero-order valence-electron chi connectivity index (χ0n) is 39.9. The van der Waals surface area contributed by atoms with Crippen LogP contribution in [0.25, 0.3) is 0 Å². The number of alkyl halides is 2. The second-order valence-corrected chi connectivity index (χ2v) is 18.1. The van der Waals surface area contributed by atoms with Gasteiger partial charge in [0.15, 0.2) is 5.88 Å². The molecular weight excluding hydrogens is 862 g/mol. The number of halogens is 2. The second-order valence-electron chi connectivity index (χ2n) is 17.6. The lowest BCUT2D eigenvalue weighted by molar-refractivity contribution is -0.120. The van der Waals surface area contributed by atoms with Crippen molar-refractivity contribution in [1.82, 2.24) is 36.2 Å². The van der Waals surface area contributed by atoms with Gasteiger partial charge in [0.05, 0.1) is 58.3 Å². The van der Waals surface area contributed by atoms with Crippen molar-refractivity contribution in [2.75, 3.05) is 104 Å². The third kappa shape index (κ3) is 37.1. The third-order valence-corrected chi connectivity index (χ3v) is 8.21. The fraction of sp³-hybridized carbons (Fsp3) is 0.780. The van der Waals surface area contributed by atoms with Crippen LogP contribution in [0.5, 0.6) is 0 Å². The highest BCUT2D eigenvalue weighted by atomic mass is 35.5. The highest BCUT2D eigenvalue weighted by Gasteiger charge is 2.27. The summed E-state index contributed by atoms with van der Waals surface area (Å²) in [5.41, 5.74) is 8.72. The molecule has 3 fully saturated rings. The number of nitrogens with two attached hydrogens (primary N) is 1. The van der Waals surface area contributed by atoms with Gasteiger partial charge in [0.25, 0.3) is 0 Å². The molecule has 0 aromatic carbocycles. The van der Waals surface area contributed by atoms with Crippen molar-refractivity contribution in [3.63, 3.8) is 0 Å². The molecule has 0 aliphatic carbocycles. The number of hydrazine groups is 2. The van der Waals surface area contributed by atoms with Crippen molar-refractivity contribution in [3.8, 4) is 0 Å². The maximum Gasteiger partial charge on any atom is 0.410 e. The number of hydrogen-bond donors (Lipinski definition) is 7. The van der Waals surface area contributed by atoms with E-state index in [2.05, 4.69) is 41.2 Å². The van der Waals surface area contributed by atoms with Gasteiger partial charge < -0.3 is 58.5 Å². The largest absolute Gasteiger partial charge is 0.474 e. The summed E-state index contributed by atoms with van der Waals surface area (Å²) in [5, 5.41) is 19.2. The molecule has 3 rings (SSSR count). The molecule has 3 saturated heterocycles. The van der Waals surface area contributed by atoms with E-state index in [4.69, 9.17) is 67.6 Å². The van der Waals surface area contributed by atoms with Gasteiger partial charge in [0.2, 0.25) is 5.91 Å². The molecule has 19 nitrogen and oxygen atoms in total. The van der Waals surface area contributed by atoms with Crippen LogP contribution in [0.1, 0.15) is 76.4 Å². The first-order valence-corrected chi connectivity index (χ1v) is 22.0. The van der Waals surface area contributed by atoms with Crippen LogP contribution >= 0.6 is 23.2 Å². The van der Waals surface area contributed by atoms with Crippen molar-refractivity contribution in [2.24, 2.45) is 5.84 Å². The molecule has 378 valence electrons. The third-order valence-electron chi connectivity index (χ3n) is 7.45. The zero-order valence-corrected chi connectivity index (χ0v) is 41.4. The molecule has 0 aromatic rings. The number of nitrogens with zero attached hydrogens (tertiary/aromatic N) is 3. The quantitative estimate of drug-likeness (QED) is 0.0401. The van der Waals surface area contributed by atoms with Crippen LogP contribution in [0.2, 0.25) is 6.82 Å². The Morgan fingerprint density at radius 2 is 1.29 bits per heavy atom. The highest BCUT2D eigenvalue weighted by Crippen LogP contribution is 2.17. The Morgan fingerprint density at radius 1 is 0.825 bits per heavy atom. The van der Waals surface area contributed by atoms with E-state index in [1.807, 2.05) is 67.2 Å². The van der Waals surface area contributed by atoms with E-state index in [1.165, 1.54) is 6.92 Å². The van der Waals surface area contributed by atoms with Crippen LogP contribution in [0.4, 0.5) is 9.59 Å². The van der Waals surface area contributed by atoms with Crippen molar-refractivity contribution < 1.29 is 60.1 Å². The smallest absolute Gasteiger partial charge is 0.410 e. The fourth-order valence-corrected chi connectivity index (χ4v) is 5.01. The van der Waals surface area contributed by atoms with E-state index in [-0.39, 0.29) is 49.5 Å². The van der Waals surface area contributed by atoms with E-state index in [1.54, 1.807) is 16.6 Å². The van der Waals surface area contributed by atoms with Gasteiger partial charge in [-0.1, -0.05) is 13.2 Å². The molecule has 3 aliphatic rings. The maximum absolute atomic E-state index is 11.8. The van der Waals surface area contributed by atoms with Crippen LogP contribution in [0, 0.1) is 0 Å². The van der Waals surface area contributed by atoms with Gasteiger partial charge in [-0.15, -0.1) is 23.2 Å². The Balaban J connectivity index is -0.000000141. The molecule has 2 unspecified atom stereocenters. The topological polar surface area (TPSA) is 231 Å². The molecule has 22 heteroatoms. The molecule has 3 amide bonds. The average Bonchev–Trinajstić information content (AvgIpc) is 3.67. The van der Waals surface area contributed by atoms with Crippen LogP contribution < -0.4 is 27.3 Å². The fourth-order valence-electron chi connectivity index (χ4n) is 4.73. The molecular formula is C41H91BCl2N8O11. The van der Waals surface area contributed by atoms with E-state index in [0.29, 0.717) is 96.6 Å². The Hall–Kier alpha value is -2.89. The number of ether oxygens (including phenoxy) is 6. The lowest BCUT2D eigenvalue weighted by Gasteiger charge is -2.32. The predicted octanol–water partition coefficient (Wildman–Crippen LogP) is 4.44. The van der Waals surface area contributed by atoms with E-state index >= 15 is 0 Å². The molecule has 0 bridgehead atoms. The van der Waals surface area contributed by atoms with Gasteiger partial charge in [0.1, 0.15) is 16.8 Å². The summed E-state index contributed by atoms with van der Waals surface area (Å²) in [7, 11) is -0.507. The maximum atomic E-state index is 11.8. The number of carbonyl (C=O) groups is 3. The van der Waals surface area contributed by atoms with Gasteiger partial charge in [-0.3, -0.25) is 21.5 Å². The molecule has 3 aliphatic heterocycles. The highest BCUT2D eigenvalue weighted by molar-refractivity contribution is 6.45. The van der Waals surface area contributed by atoms with Crippen LogP contribution in [0.15, 0.2) is 36.8 Å². The second kappa shape index (κ2) is 33.6. The minimum Gasteiger partial charge on any atom is -0.474 e. The predicted molar refractivity (Wildman–Crippen MR) is 261 cm³/mol. The summed E-state index contributed by atoms with van der Waals surface area (Å²) in [6, 6.07) is -0.0401. The summed E-state index contributed by atoms with van der Waals surface area (Å²) < 4.78 is 32.4. The summed E-state index contributed by atoms with van der Waals surface area (Å²) in [6.07, 6.45) is -0.618. The Labute approximate surface area is 395 Å². The first-order valence-electron chi connectivity index (χ1n) is 20.9. The number of hydrogen-bond acceptors (Lipinski definition) is 16. The van der Waals surface area contributed by atoms with Crippen LogP contribution in [0.3, 0.4) is 0 Å². The first kappa shape index (κ1) is 62.2. The standard InChI is InChI=1S/C13H25N3O3.C11H19NO3.C10H21N3O3.C4H6Cl2.C3H10BNO2.5H2/c1-10(17)14-15-12-8-16(6-7-18-9-12)11(2)19-13(3,4)5;1-9-7-12(5-6-14-8-9)10(13)15-11(2,3)4;1-10(2,3)16-9(14)13-4-5-15-7-8(6-13)12-11;1-4(2-5)3-6;1-4(7)5-2-3-6;;;;;/h12,15H,2,6-9H2,1,3-5H3,(H,14,17);1,5-8H2,2-4H3;8,12H,4-7,11H2,1-3H3;1-3H2;5-7H,2-3H2,1H3;5*1H. The van der Waals surface area contributed by atoms with E-state index in [9.17, 15) is 14.4 Å². The Kier molecular flexibility index (Phi) is 33.1. The van der Waals surface area contributed by atoms with Crippen molar-refractivity contribution in [2.45, 2.75) is 105 Å². The van der Waals surface area contributed by atoms with Crippen molar-refractivity contribution in [1.29, 1.82) is 0 Å². The lowest BCUT2D eigenvalue weighted by Crippen LogP contribution is -2.50. The normalized spacial score (nSPS) is 18.2. The minimum absolute atomic E-state index is 0. The lowest BCUT2D eigenvalue weighted by atomic mass is 9.89. The molecule has 3 heterocycles. The zero-order chi connectivity index (χ0) is 48.8. The molecule has 0 saturated carbocycles. The SMILES string of the molecule is C=C(CCl)CCl.C=C(OC(C)(C)C)N1CCOCC(NNC(C)=O)C1.C=C1COCCN(C(=O)OC(C)(C)C)C1.CB(O)NCCO.CC(C)(C)OC(=O)N1CCOCC(NN)C1.[HH].[HH].[HH].[HH].[HH]. The van der Waals surface area contributed by atoms with Gasteiger partial charge in [-0.2, -0.15) is 0 Å². The van der Waals surface area contributed by atoms with Gasteiger partial charge in [-0.25, -0.2) is 15.0 Å². The van der Waals surface area contributed by atoms with Crippen LogP contribution in [-0.4, -0.2) is 183 Å². The molecule has 2 atom stereocenters. The van der Waals surface area contributed by atoms with Crippen LogP contribution in [-0.2, 0) is 33.2 Å². The first-order chi connectivity index (χ1) is 29.2. The number of rotatable bonds is 10. The van der Waals surface area contributed by atoms with E-state index in [0.717, 1.165) is 17.7 Å². The molecule has 0 radical (unpaired) electrons. The molecule has 0 aromatic heterocycles. The average molecular weight is 954 g/mol. The number of carbonyl (C=O) groups excluding carboxylic acids is 3. The Morgan fingerprint density at radius 3 is 1.71 bits per heavy atom. The summed E-state index contributed by atoms with van der Waals surface area (Å²) in [4.78, 5) is 39.7. The van der Waals surface area contributed by atoms with Gasteiger partial charge in [0, 0.05) is 71.6 Å². The monoisotopic (exact) mass is 953 g/mol. The Bertz CT molecular complexity index is 1350. The number of allylic oxidation sites excluding steroid dienone is 1. The van der Waals surface area contributed by atoms with Gasteiger partial charge >= 0.3 is 19.2 Å². The van der Waals surface area contributed by atoms with Crippen molar-refractivity contribution >= 4 is 48.3 Å². The number of amides is 3.